The van der Waals surface area contributed by atoms with Gasteiger partial charge in [-0.2, -0.15) is 4.31 Å². The zero-order valence-electron chi connectivity index (χ0n) is 14.3. The Morgan fingerprint density at radius 1 is 1.23 bits per heavy atom. The second kappa shape index (κ2) is 7.38. The Hall–Kier alpha value is -2.52. The number of aromatic nitrogens is 1. The lowest BCUT2D eigenvalue weighted by atomic mass is 10.2. The molecule has 0 unspecified atom stereocenters. The van der Waals surface area contributed by atoms with Gasteiger partial charge in [0.2, 0.25) is 10.0 Å². The smallest absolute Gasteiger partial charge is 0.270 e. The van der Waals surface area contributed by atoms with Crippen molar-refractivity contribution in [3.8, 4) is 0 Å². The maximum atomic E-state index is 13.0. The second-order valence-electron chi connectivity index (χ2n) is 6.17. The molecule has 1 aliphatic heterocycles. The van der Waals surface area contributed by atoms with Crippen molar-refractivity contribution in [2.24, 2.45) is 0 Å². The number of nitro groups is 1. The Balaban J connectivity index is 2.00. The summed E-state index contributed by atoms with van der Waals surface area (Å²) in [5.41, 5.74) is 0.829. The third kappa shape index (κ3) is 3.68. The third-order valence-corrected chi connectivity index (χ3v) is 6.30. The van der Waals surface area contributed by atoms with E-state index in [-0.39, 0.29) is 16.6 Å². The average Bonchev–Trinajstić information content (AvgIpc) is 3.18. The van der Waals surface area contributed by atoms with Gasteiger partial charge in [-0.15, -0.1) is 0 Å². The van der Waals surface area contributed by atoms with E-state index >= 15 is 0 Å². The fraction of sp³-hybridized carbons (Fsp3) is 0.353. The van der Waals surface area contributed by atoms with Gasteiger partial charge in [0.05, 0.1) is 22.3 Å². The summed E-state index contributed by atoms with van der Waals surface area (Å²) in [4.78, 5) is 14.7. The van der Waals surface area contributed by atoms with Gasteiger partial charge in [0.1, 0.15) is 4.90 Å². The predicted molar refractivity (Wildman–Crippen MR) is 97.4 cm³/mol. The van der Waals surface area contributed by atoms with Gasteiger partial charge in [-0.3, -0.25) is 15.1 Å². The second-order valence-corrected chi connectivity index (χ2v) is 8.08. The van der Waals surface area contributed by atoms with E-state index in [0.717, 1.165) is 24.6 Å². The summed E-state index contributed by atoms with van der Waals surface area (Å²) in [6.07, 6.45) is 3.24. The van der Waals surface area contributed by atoms with E-state index < -0.39 is 14.9 Å². The molecule has 2 aromatic rings. The van der Waals surface area contributed by atoms with Gasteiger partial charge in [0, 0.05) is 31.4 Å². The van der Waals surface area contributed by atoms with Crippen LogP contribution in [0.4, 0.5) is 11.4 Å². The van der Waals surface area contributed by atoms with E-state index in [1.54, 1.807) is 12.3 Å². The van der Waals surface area contributed by atoms with Crippen molar-refractivity contribution in [2.75, 3.05) is 18.4 Å². The van der Waals surface area contributed by atoms with E-state index in [4.69, 9.17) is 0 Å². The van der Waals surface area contributed by atoms with E-state index in [0.29, 0.717) is 18.8 Å². The number of hydrogen-bond acceptors (Lipinski definition) is 6. The van der Waals surface area contributed by atoms with Gasteiger partial charge in [-0.25, -0.2) is 8.42 Å². The van der Waals surface area contributed by atoms with Crippen LogP contribution in [0.3, 0.4) is 0 Å². The average molecular weight is 376 g/mol. The molecule has 1 aliphatic rings. The fourth-order valence-corrected chi connectivity index (χ4v) is 4.66. The molecule has 1 N–H and O–H groups in total. The van der Waals surface area contributed by atoms with Crippen LogP contribution in [0.2, 0.25) is 0 Å². The monoisotopic (exact) mass is 376 g/mol. The summed E-state index contributed by atoms with van der Waals surface area (Å²) in [7, 11) is -3.81. The van der Waals surface area contributed by atoms with Crippen LogP contribution in [0.5, 0.6) is 0 Å². The largest absolute Gasteiger partial charge is 0.376 e. The molecule has 1 saturated heterocycles. The SMILES string of the molecule is C[C@H](Nc1ccc([N+](=O)[O-])cc1S(=O)(=O)N1CCCC1)c1ccccn1. The predicted octanol–water partition coefficient (Wildman–Crippen LogP) is 2.95. The highest BCUT2D eigenvalue weighted by Gasteiger charge is 2.31. The van der Waals surface area contributed by atoms with E-state index in [9.17, 15) is 18.5 Å². The van der Waals surface area contributed by atoms with Crippen LogP contribution in [0.25, 0.3) is 0 Å². The van der Waals surface area contributed by atoms with Crippen molar-refractivity contribution >= 4 is 21.4 Å². The van der Waals surface area contributed by atoms with Crippen LogP contribution in [-0.2, 0) is 10.0 Å². The highest BCUT2D eigenvalue weighted by atomic mass is 32.2. The van der Waals surface area contributed by atoms with Crippen LogP contribution >= 0.6 is 0 Å². The molecule has 1 aromatic heterocycles. The molecule has 0 spiro atoms. The molecule has 0 radical (unpaired) electrons. The normalized spacial score (nSPS) is 16.3. The number of non-ortho nitro benzene ring substituents is 1. The van der Waals surface area contributed by atoms with E-state index in [1.807, 2.05) is 19.1 Å². The van der Waals surface area contributed by atoms with Crippen molar-refractivity contribution in [3.05, 3.63) is 58.4 Å². The lowest BCUT2D eigenvalue weighted by Gasteiger charge is -2.21. The van der Waals surface area contributed by atoms with Crippen LogP contribution in [0.1, 0.15) is 31.5 Å². The number of hydrogen-bond donors (Lipinski definition) is 1. The first kappa shape index (κ1) is 18.3. The fourth-order valence-electron chi connectivity index (χ4n) is 2.96. The molecule has 3 rings (SSSR count). The summed E-state index contributed by atoms with van der Waals surface area (Å²) >= 11 is 0. The minimum absolute atomic E-state index is 0.0728. The molecule has 1 fully saturated rings. The first-order chi connectivity index (χ1) is 12.4. The van der Waals surface area contributed by atoms with Gasteiger partial charge in [-0.05, 0) is 38.0 Å². The highest BCUT2D eigenvalue weighted by Crippen LogP contribution is 2.32. The summed E-state index contributed by atoms with van der Waals surface area (Å²) in [6, 6.07) is 9.09. The number of benzene rings is 1. The topological polar surface area (TPSA) is 105 Å². The van der Waals surface area contributed by atoms with Gasteiger partial charge in [-0.1, -0.05) is 6.07 Å². The Labute approximate surface area is 152 Å². The summed E-state index contributed by atoms with van der Waals surface area (Å²) in [5.74, 6) is 0. The Kier molecular flexibility index (Phi) is 5.19. The van der Waals surface area contributed by atoms with Crippen molar-refractivity contribution in [1.82, 2.24) is 9.29 Å². The quantitative estimate of drug-likeness (QED) is 0.614. The van der Waals surface area contributed by atoms with Gasteiger partial charge in [0.25, 0.3) is 5.69 Å². The first-order valence-electron chi connectivity index (χ1n) is 8.35. The molecule has 26 heavy (non-hydrogen) atoms. The molecule has 138 valence electrons. The number of nitro benzene ring substituents is 1. The minimum Gasteiger partial charge on any atom is -0.376 e. The minimum atomic E-state index is -3.81. The zero-order chi connectivity index (χ0) is 18.7. The molecule has 0 saturated carbocycles. The van der Waals surface area contributed by atoms with Crippen molar-refractivity contribution in [3.63, 3.8) is 0 Å². The van der Waals surface area contributed by atoms with Gasteiger partial charge < -0.3 is 5.32 Å². The molecule has 0 bridgehead atoms. The number of nitrogens with one attached hydrogen (secondary N) is 1. The van der Waals surface area contributed by atoms with Crippen LogP contribution in [0.15, 0.2) is 47.5 Å². The molecular formula is C17H20N4O4S. The highest BCUT2D eigenvalue weighted by molar-refractivity contribution is 7.89. The van der Waals surface area contributed by atoms with Crippen molar-refractivity contribution in [2.45, 2.75) is 30.7 Å². The van der Waals surface area contributed by atoms with Gasteiger partial charge in [0.15, 0.2) is 0 Å². The standard InChI is InChI=1S/C17H20N4O4S/c1-13(15-6-2-3-9-18-15)19-16-8-7-14(21(22)23)12-17(16)26(24,25)20-10-4-5-11-20/h2-3,6-9,12-13,19H,4-5,10-11H2,1H3/t13-/m0/s1. The van der Waals surface area contributed by atoms with Crippen LogP contribution < -0.4 is 5.32 Å². The van der Waals surface area contributed by atoms with E-state index in [1.165, 1.54) is 16.4 Å². The number of sulfonamides is 1. The molecule has 1 aromatic carbocycles. The maximum Gasteiger partial charge on any atom is 0.270 e. The Bertz CT molecular complexity index is 896. The lowest BCUT2D eigenvalue weighted by Crippen LogP contribution is -2.28. The maximum absolute atomic E-state index is 13.0. The molecule has 0 amide bonds. The first-order valence-corrected chi connectivity index (χ1v) is 9.79. The molecule has 0 aliphatic carbocycles. The van der Waals surface area contributed by atoms with Crippen LogP contribution in [-0.4, -0.2) is 35.7 Å². The van der Waals surface area contributed by atoms with Crippen LogP contribution in [0, 0.1) is 10.1 Å². The molecule has 8 nitrogen and oxygen atoms in total. The number of rotatable bonds is 6. The summed E-state index contributed by atoms with van der Waals surface area (Å²) in [6.45, 7) is 2.72. The van der Waals surface area contributed by atoms with Crippen molar-refractivity contribution < 1.29 is 13.3 Å². The molecule has 1 atom stereocenters. The van der Waals surface area contributed by atoms with E-state index in [2.05, 4.69) is 10.3 Å². The zero-order valence-corrected chi connectivity index (χ0v) is 15.1. The number of pyridine rings is 1. The molecular weight excluding hydrogens is 356 g/mol. The van der Waals surface area contributed by atoms with Gasteiger partial charge >= 0.3 is 0 Å². The Morgan fingerprint density at radius 2 is 1.96 bits per heavy atom. The molecule has 2 heterocycles. The summed E-state index contributed by atoms with van der Waals surface area (Å²) < 4.78 is 27.4. The number of nitrogens with zero attached hydrogens (tertiary/aromatic N) is 3. The number of anilines is 1. The lowest BCUT2D eigenvalue weighted by molar-refractivity contribution is -0.385. The Morgan fingerprint density at radius 3 is 2.58 bits per heavy atom. The molecule has 9 heteroatoms. The summed E-state index contributed by atoms with van der Waals surface area (Å²) in [5, 5.41) is 14.3. The third-order valence-electron chi connectivity index (χ3n) is 4.36. The van der Waals surface area contributed by atoms with Crippen molar-refractivity contribution in [1.29, 1.82) is 0 Å².